The van der Waals surface area contributed by atoms with Crippen LogP contribution in [0.2, 0.25) is 0 Å². The fourth-order valence-electron chi connectivity index (χ4n) is 2.80. The molecule has 1 amide bonds. The molecule has 6 heteroatoms. The van der Waals surface area contributed by atoms with Crippen LogP contribution in [0.1, 0.15) is 18.5 Å². The minimum atomic E-state index is -0.298. The third kappa shape index (κ3) is 2.95. The van der Waals surface area contributed by atoms with Crippen LogP contribution in [0.5, 0.6) is 0 Å². The Labute approximate surface area is 130 Å². The van der Waals surface area contributed by atoms with Gasteiger partial charge in [-0.3, -0.25) is 4.79 Å². The fraction of sp³-hybridized carbons (Fsp3) is 0.438. The molecule has 2 aromatic rings. The Morgan fingerprint density at radius 3 is 2.64 bits per heavy atom. The Bertz CT molecular complexity index is 632. The summed E-state index contributed by atoms with van der Waals surface area (Å²) in [5.74, 6) is 0.106. The molecule has 0 spiro atoms. The second-order valence-electron chi connectivity index (χ2n) is 5.70. The van der Waals surface area contributed by atoms with Crippen molar-refractivity contribution in [2.45, 2.75) is 19.9 Å². The molecule has 1 saturated heterocycles. The molecule has 0 aliphatic carbocycles. The van der Waals surface area contributed by atoms with Gasteiger partial charge < -0.3 is 9.80 Å². The average molecular weight is 299 g/mol. The molecule has 22 heavy (non-hydrogen) atoms. The minimum Gasteiger partial charge on any atom is -0.368 e. The number of benzene rings is 1. The molecule has 3 rings (SSSR count). The summed E-state index contributed by atoms with van der Waals surface area (Å²) >= 11 is 0. The first-order chi connectivity index (χ1) is 10.6. The molecule has 1 atom stereocenters. The standard InChI is InChI=1S/C16H21N5O/c1-13-4-3-5-15(10-13)19-6-8-20(9-7-19)16(22)14(2)21-12-17-11-18-21/h3-5,10-12,14H,6-9H2,1-2H3/t14-/m0/s1. The van der Waals surface area contributed by atoms with Crippen LogP contribution >= 0.6 is 0 Å². The van der Waals surface area contributed by atoms with Gasteiger partial charge in [-0.2, -0.15) is 5.10 Å². The Kier molecular flexibility index (Phi) is 4.09. The molecular weight excluding hydrogens is 278 g/mol. The van der Waals surface area contributed by atoms with Crippen molar-refractivity contribution < 1.29 is 4.79 Å². The summed E-state index contributed by atoms with van der Waals surface area (Å²) in [6, 6.07) is 8.20. The van der Waals surface area contributed by atoms with Gasteiger partial charge in [-0.25, -0.2) is 9.67 Å². The van der Waals surface area contributed by atoms with Crippen molar-refractivity contribution in [3.8, 4) is 0 Å². The van der Waals surface area contributed by atoms with E-state index < -0.39 is 0 Å². The Morgan fingerprint density at radius 2 is 2.00 bits per heavy atom. The number of aromatic nitrogens is 3. The van der Waals surface area contributed by atoms with Crippen molar-refractivity contribution in [3.63, 3.8) is 0 Å². The molecule has 1 aliphatic heterocycles. The van der Waals surface area contributed by atoms with Crippen LogP contribution in [0.15, 0.2) is 36.9 Å². The molecule has 1 aromatic heterocycles. The molecule has 2 heterocycles. The quantitative estimate of drug-likeness (QED) is 0.862. The third-order valence-electron chi connectivity index (χ3n) is 4.15. The lowest BCUT2D eigenvalue weighted by Crippen LogP contribution is -2.50. The fourth-order valence-corrected chi connectivity index (χ4v) is 2.80. The molecule has 116 valence electrons. The van der Waals surface area contributed by atoms with Crippen LogP contribution in [-0.2, 0) is 4.79 Å². The van der Waals surface area contributed by atoms with E-state index in [2.05, 4.69) is 46.2 Å². The van der Waals surface area contributed by atoms with Gasteiger partial charge in [0.25, 0.3) is 0 Å². The van der Waals surface area contributed by atoms with E-state index in [0.717, 1.165) is 26.2 Å². The monoisotopic (exact) mass is 299 g/mol. The van der Waals surface area contributed by atoms with Crippen molar-refractivity contribution >= 4 is 11.6 Å². The zero-order chi connectivity index (χ0) is 15.5. The molecule has 0 bridgehead atoms. The number of carbonyl (C=O) groups is 1. The Hall–Kier alpha value is -2.37. The molecule has 0 radical (unpaired) electrons. The normalized spacial score (nSPS) is 16.6. The van der Waals surface area contributed by atoms with Gasteiger partial charge in [-0.15, -0.1) is 0 Å². The SMILES string of the molecule is Cc1cccc(N2CCN(C(=O)[C@H](C)n3cncn3)CC2)c1. The largest absolute Gasteiger partial charge is 0.368 e. The summed E-state index contributed by atoms with van der Waals surface area (Å²) in [4.78, 5) is 20.7. The van der Waals surface area contributed by atoms with E-state index in [1.54, 1.807) is 11.0 Å². The van der Waals surface area contributed by atoms with E-state index in [1.807, 2.05) is 11.8 Å². The number of rotatable bonds is 3. The van der Waals surface area contributed by atoms with Crippen molar-refractivity contribution in [1.82, 2.24) is 19.7 Å². The van der Waals surface area contributed by atoms with Gasteiger partial charge in [0, 0.05) is 31.9 Å². The van der Waals surface area contributed by atoms with Gasteiger partial charge in [-0.1, -0.05) is 12.1 Å². The van der Waals surface area contributed by atoms with Crippen molar-refractivity contribution in [3.05, 3.63) is 42.5 Å². The van der Waals surface area contributed by atoms with E-state index >= 15 is 0 Å². The van der Waals surface area contributed by atoms with Crippen LogP contribution in [0.4, 0.5) is 5.69 Å². The van der Waals surface area contributed by atoms with E-state index in [0.29, 0.717) is 0 Å². The zero-order valence-corrected chi connectivity index (χ0v) is 13.0. The Morgan fingerprint density at radius 1 is 1.23 bits per heavy atom. The number of carbonyl (C=O) groups excluding carboxylic acids is 1. The topological polar surface area (TPSA) is 54.3 Å². The van der Waals surface area contributed by atoms with Crippen molar-refractivity contribution in [2.75, 3.05) is 31.1 Å². The highest BCUT2D eigenvalue weighted by molar-refractivity contribution is 5.80. The maximum Gasteiger partial charge on any atom is 0.247 e. The molecule has 0 N–H and O–H groups in total. The molecule has 0 saturated carbocycles. The van der Waals surface area contributed by atoms with Gasteiger partial charge in [0.1, 0.15) is 18.7 Å². The highest BCUT2D eigenvalue weighted by atomic mass is 16.2. The average Bonchev–Trinajstić information content (AvgIpc) is 3.08. The molecule has 1 aromatic carbocycles. The first-order valence-electron chi connectivity index (χ1n) is 7.59. The summed E-state index contributed by atoms with van der Waals surface area (Å²) in [7, 11) is 0. The molecule has 1 fully saturated rings. The number of hydrogen-bond acceptors (Lipinski definition) is 4. The summed E-state index contributed by atoms with van der Waals surface area (Å²) in [5, 5.41) is 4.05. The summed E-state index contributed by atoms with van der Waals surface area (Å²) in [6.45, 7) is 7.17. The van der Waals surface area contributed by atoms with Crippen LogP contribution in [-0.4, -0.2) is 51.8 Å². The first-order valence-corrected chi connectivity index (χ1v) is 7.59. The summed E-state index contributed by atoms with van der Waals surface area (Å²) in [5.41, 5.74) is 2.49. The van der Waals surface area contributed by atoms with Crippen LogP contribution in [0.3, 0.4) is 0 Å². The summed E-state index contributed by atoms with van der Waals surface area (Å²) < 4.78 is 1.61. The second kappa shape index (κ2) is 6.17. The van der Waals surface area contributed by atoms with Crippen LogP contribution in [0.25, 0.3) is 0 Å². The molecule has 6 nitrogen and oxygen atoms in total. The highest BCUT2D eigenvalue weighted by Crippen LogP contribution is 2.19. The van der Waals surface area contributed by atoms with Crippen molar-refractivity contribution in [1.29, 1.82) is 0 Å². The van der Waals surface area contributed by atoms with Crippen molar-refractivity contribution in [2.24, 2.45) is 0 Å². The molecule has 0 unspecified atom stereocenters. The number of amides is 1. The number of piperazine rings is 1. The van der Waals surface area contributed by atoms with Crippen LogP contribution in [0, 0.1) is 6.92 Å². The lowest BCUT2D eigenvalue weighted by molar-refractivity contribution is -0.134. The highest BCUT2D eigenvalue weighted by Gasteiger charge is 2.26. The predicted molar refractivity (Wildman–Crippen MR) is 84.7 cm³/mol. The van der Waals surface area contributed by atoms with Gasteiger partial charge >= 0.3 is 0 Å². The Balaban J connectivity index is 1.61. The maximum absolute atomic E-state index is 12.5. The van der Waals surface area contributed by atoms with E-state index in [4.69, 9.17) is 0 Å². The smallest absolute Gasteiger partial charge is 0.247 e. The third-order valence-corrected chi connectivity index (χ3v) is 4.15. The van der Waals surface area contributed by atoms with E-state index in [9.17, 15) is 4.79 Å². The number of hydrogen-bond donors (Lipinski definition) is 0. The molecule has 1 aliphatic rings. The van der Waals surface area contributed by atoms with Gasteiger partial charge in [0.15, 0.2) is 0 Å². The van der Waals surface area contributed by atoms with Gasteiger partial charge in [0.2, 0.25) is 5.91 Å². The zero-order valence-electron chi connectivity index (χ0n) is 13.0. The lowest BCUT2D eigenvalue weighted by atomic mass is 10.2. The van der Waals surface area contributed by atoms with Gasteiger partial charge in [0.05, 0.1) is 0 Å². The number of anilines is 1. The van der Waals surface area contributed by atoms with Crippen LogP contribution < -0.4 is 4.90 Å². The second-order valence-corrected chi connectivity index (χ2v) is 5.70. The van der Waals surface area contributed by atoms with E-state index in [1.165, 1.54) is 17.6 Å². The maximum atomic E-state index is 12.5. The van der Waals surface area contributed by atoms with E-state index in [-0.39, 0.29) is 11.9 Å². The predicted octanol–water partition coefficient (Wildman–Crippen LogP) is 1.50. The minimum absolute atomic E-state index is 0.106. The van der Waals surface area contributed by atoms with Gasteiger partial charge in [-0.05, 0) is 31.5 Å². The number of aryl methyl sites for hydroxylation is 1. The number of nitrogens with zero attached hydrogens (tertiary/aromatic N) is 5. The summed E-state index contributed by atoms with van der Waals surface area (Å²) in [6.07, 6.45) is 3.05. The lowest BCUT2D eigenvalue weighted by Gasteiger charge is -2.37. The first kappa shape index (κ1) is 14.6. The molecular formula is C16H21N5O.